The van der Waals surface area contributed by atoms with E-state index in [2.05, 4.69) is 15.0 Å². The first kappa shape index (κ1) is 17.1. The van der Waals surface area contributed by atoms with Gasteiger partial charge in [-0.25, -0.2) is 9.67 Å². The number of hydrogen-bond donors (Lipinski definition) is 0. The Hall–Kier alpha value is -2.99. The summed E-state index contributed by atoms with van der Waals surface area (Å²) in [5.41, 5.74) is 2.57. The van der Waals surface area contributed by atoms with Gasteiger partial charge in [0, 0.05) is 17.8 Å². The van der Waals surface area contributed by atoms with Gasteiger partial charge in [0.1, 0.15) is 5.52 Å². The van der Waals surface area contributed by atoms with Crippen molar-refractivity contribution < 1.29 is 4.42 Å². The number of piperidine rings is 1. The molecular formula is C22H22N4O2. The van der Waals surface area contributed by atoms with E-state index in [1.165, 1.54) is 0 Å². The summed E-state index contributed by atoms with van der Waals surface area (Å²) in [6.45, 7) is 4.19. The summed E-state index contributed by atoms with van der Waals surface area (Å²) >= 11 is 0. The number of fused-ring (bicyclic) bond motifs is 2. The molecule has 1 aliphatic rings. The third-order valence-electron chi connectivity index (χ3n) is 5.55. The summed E-state index contributed by atoms with van der Waals surface area (Å²) in [5.74, 6) is 1.03. The Morgan fingerprint density at radius 3 is 2.75 bits per heavy atom. The van der Waals surface area contributed by atoms with Crippen molar-refractivity contribution in [1.29, 1.82) is 0 Å². The predicted molar refractivity (Wildman–Crippen MR) is 108 cm³/mol. The van der Waals surface area contributed by atoms with Crippen molar-refractivity contribution in [2.24, 2.45) is 0 Å². The second-order valence-electron chi connectivity index (χ2n) is 7.51. The van der Waals surface area contributed by atoms with Gasteiger partial charge in [-0.2, -0.15) is 5.10 Å². The molecule has 28 heavy (non-hydrogen) atoms. The van der Waals surface area contributed by atoms with Crippen LogP contribution in [0.4, 0.5) is 0 Å². The fourth-order valence-electron chi connectivity index (χ4n) is 4.14. The summed E-state index contributed by atoms with van der Waals surface area (Å²) in [4.78, 5) is 19.8. The standard InChI is InChI=1S/C22H22N4O2/c1-15-17-8-2-3-9-18(17)22(27)26(24-15)14-25-12-6-7-16(13-25)21-23-19-10-4-5-11-20(19)28-21/h2-5,8-11,16H,6-7,12-14H2,1H3/t16-/m0/s1. The highest BCUT2D eigenvalue weighted by Crippen LogP contribution is 2.29. The summed E-state index contributed by atoms with van der Waals surface area (Å²) in [7, 11) is 0. The van der Waals surface area contributed by atoms with Crippen LogP contribution in [0.1, 0.15) is 30.3 Å². The zero-order valence-electron chi connectivity index (χ0n) is 15.8. The smallest absolute Gasteiger partial charge is 0.275 e. The highest BCUT2D eigenvalue weighted by atomic mass is 16.3. The van der Waals surface area contributed by atoms with Crippen molar-refractivity contribution in [1.82, 2.24) is 19.7 Å². The van der Waals surface area contributed by atoms with Gasteiger partial charge in [0.15, 0.2) is 11.5 Å². The molecule has 0 spiro atoms. The minimum absolute atomic E-state index is 0.0369. The van der Waals surface area contributed by atoms with E-state index in [1.54, 1.807) is 4.68 Å². The topological polar surface area (TPSA) is 64.2 Å². The molecule has 0 N–H and O–H groups in total. The average molecular weight is 374 g/mol. The van der Waals surface area contributed by atoms with Crippen molar-refractivity contribution in [2.45, 2.75) is 32.4 Å². The van der Waals surface area contributed by atoms with Crippen LogP contribution in [0.15, 0.2) is 57.7 Å². The zero-order chi connectivity index (χ0) is 19.1. The first-order valence-electron chi connectivity index (χ1n) is 9.73. The van der Waals surface area contributed by atoms with E-state index in [1.807, 2.05) is 55.5 Å². The maximum Gasteiger partial charge on any atom is 0.275 e. The van der Waals surface area contributed by atoms with E-state index in [4.69, 9.17) is 4.42 Å². The molecule has 6 heteroatoms. The maximum absolute atomic E-state index is 12.9. The van der Waals surface area contributed by atoms with Crippen LogP contribution in [0.25, 0.3) is 21.9 Å². The number of rotatable bonds is 3. The van der Waals surface area contributed by atoms with Crippen molar-refractivity contribution in [3.8, 4) is 0 Å². The molecule has 1 fully saturated rings. The second kappa shape index (κ2) is 6.87. The molecule has 3 heterocycles. The van der Waals surface area contributed by atoms with Crippen LogP contribution in [0, 0.1) is 6.92 Å². The van der Waals surface area contributed by atoms with E-state index in [0.717, 1.165) is 59.4 Å². The Morgan fingerprint density at radius 2 is 1.89 bits per heavy atom. The molecule has 0 bridgehead atoms. The molecule has 0 saturated carbocycles. The fourth-order valence-corrected chi connectivity index (χ4v) is 4.14. The Labute approximate surface area is 162 Å². The number of para-hydroxylation sites is 2. The van der Waals surface area contributed by atoms with Crippen molar-refractivity contribution in [2.75, 3.05) is 13.1 Å². The Balaban J connectivity index is 1.41. The van der Waals surface area contributed by atoms with Crippen LogP contribution in [0.2, 0.25) is 0 Å². The van der Waals surface area contributed by atoms with Crippen LogP contribution in [0.5, 0.6) is 0 Å². The minimum Gasteiger partial charge on any atom is -0.440 e. The molecule has 6 nitrogen and oxygen atoms in total. The van der Waals surface area contributed by atoms with Crippen molar-refractivity contribution >= 4 is 21.9 Å². The van der Waals surface area contributed by atoms with Crippen LogP contribution in [-0.4, -0.2) is 32.8 Å². The maximum atomic E-state index is 12.9. The molecule has 1 saturated heterocycles. The average Bonchev–Trinajstić information content (AvgIpc) is 3.16. The Kier molecular flexibility index (Phi) is 4.20. The number of likely N-dealkylation sites (tertiary alicyclic amines) is 1. The summed E-state index contributed by atoms with van der Waals surface area (Å²) in [6, 6.07) is 15.5. The molecule has 1 aliphatic heterocycles. The third-order valence-corrected chi connectivity index (χ3v) is 5.55. The number of benzene rings is 2. The molecule has 0 aliphatic carbocycles. The highest BCUT2D eigenvalue weighted by molar-refractivity contribution is 5.83. The van der Waals surface area contributed by atoms with Gasteiger partial charge in [-0.05, 0) is 44.5 Å². The fraction of sp³-hybridized carbons (Fsp3) is 0.318. The van der Waals surface area contributed by atoms with Crippen molar-refractivity contribution in [3.63, 3.8) is 0 Å². The Bertz CT molecular complexity index is 1180. The third kappa shape index (κ3) is 2.99. The lowest BCUT2D eigenvalue weighted by Gasteiger charge is -2.31. The lowest BCUT2D eigenvalue weighted by atomic mass is 9.98. The molecular weight excluding hydrogens is 352 g/mol. The summed E-state index contributed by atoms with van der Waals surface area (Å²) in [6.07, 6.45) is 2.09. The number of aromatic nitrogens is 3. The first-order chi connectivity index (χ1) is 13.7. The largest absolute Gasteiger partial charge is 0.440 e. The quantitative estimate of drug-likeness (QED) is 0.547. The predicted octanol–water partition coefficient (Wildman–Crippen LogP) is 3.68. The summed E-state index contributed by atoms with van der Waals surface area (Å²) in [5, 5.41) is 6.20. The van der Waals surface area contributed by atoms with Crippen LogP contribution >= 0.6 is 0 Å². The van der Waals surface area contributed by atoms with Gasteiger partial charge in [-0.15, -0.1) is 0 Å². The molecule has 0 radical (unpaired) electrons. The molecule has 142 valence electrons. The second-order valence-corrected chi connectivity index (χ2v) is 7.51. The van der Waals surface area contributed by atoms with E-state index >= 15 is 0 Å². The lowest BCUT2D eigenvalue weighted by Crippen LogP contribution is -2.39. The zero-order valence-corrected chi connectivity index (χ0v) is 15.8. The van der Waals surface area contributed by atoms with Gasteiger partial charge in [0.05, 0.1) is 17.7 Å². The molecule has 5 rings (SSSR count). The van der Waals surface area contributed by atoms with E-state index in [0.29, 0.717) is 6.67 Å². The van der Waals surface area contributed by atoms with Gasteiger partial charge in [0.2, 0.25) is 0 Å². The number of hydrogen-bond acceptors (Lipinski definition) is 5. The number of oxazole rings is 1. The van der Waals surface area contributed by atoms with Gasteiger partial charge >= 0.3 is 0 Å². The SMILES string of the molecule is Cc1nn(CN2CCC[C@H](c3nc4ccccc4o3)C2)c(=O)c2ccccc12. The normalized spacial score (nSPS) is 18.1. The van der Waals surface area contributed by atoms with Crippen molar-refractivity contribution in [3.05, 3.63) is 70.5 Å². The van der Waals surface area contributed by atoms with E-state index in [-0.39, 0.29) is 11.5 Å². The van der Waals surface area contributed by atoms with Crippen LogP contribution < -0.4 is 5.56 Å². The first-order valence-corrected chi connectivity index (χ1v) is 9.73. The number of nitrogens with zero attached hydrogens (tertiary/aromatic N) is 4. The Morgan fingerprint density at radius 1 is 1.11 bits per heavy atom. The molecule has 2 aromatic carbocycles. The van der Waals surface area contributed by atoms with Crippen LogP contribution in [0.3, 0.4) is 0 Å². The van der Waals surface area contributed by atoms with Gasteiger partial charge in [-0.3, -0.25) is 9.69 Å². The molecule has 0 unspecified atom stereocenters. The minimum atomic E-state index is -0.0369. The van der Waals surface area contributed by atoms with Gasteiger partial charge in [0.25, 0.3) is 5.56 Å². The van der Waals surface area contributed by atoms with E-state index < -0.39 is 0 Å². The lowest BCUT2D eigenvalue weighted by molar-refractivity contribution is 0.145. The molecule has 2 aromatic heterocycles. The van der Waals surface area contributed by atoms with Gasteiger partial charge < -0.3 is 4.42 Å². The monoisotopic (exact) mass is 374 g/mol. The summed E-state index contributed by atoms with van der Waals surface area (Å²) < 4.78 is 7.57. The molecule has 0 amide bonds. The number of aryl methyl sites for hydroxylation is 1. The molecule has 4 aromatic rings. The van der Waals surface area contributed by atoms with Gasteiger partial charge in [-0.1, -0.05) is 30.3 Å². The van der Waals surface area contributed by atoms with Crippen LogP contribution in [-0.2, 0) is 6.67 Å². The highest BCUT2D eigenvalue weighted by Gasteiger charge is 2.26. The van der Waals surface area contributed by atoms with E-state index in [9.17, 15) is 4.79 Å². The molecule has 1 atom stereocenters.